The third-order valence-electron chi connectivity index (χ3n) is 3.49. The molecule has 140 valence electrons. The molecule has 2 heterocycles. The number of benzene rings is 1. The van der Waals surface area contributed by atoms with Crippen molar-refractivity contribution in [3.63, 3.8) is 0 Å². The Hall–Kier alpha value is -2.91. The molecule has 0 aliphatic heterocycles. The van der Waals surface area contributed by atoms with E-state index in [0.717, 1.165) is 0 Å². The second kappa shape index (κ2) is 7.77. The molecule has 0 bridgehead atoms. The average molecular weight is 412 g/mol. The Balaban J connectivity index is 1.66. The number of nitrogens with zero attached hydrogens (tertiary/aromatic N) is 4. The first-order chi connectivity index (χ1) is 12.8. The SMILES string of the molecule is O=C(Cn1ccc(C(=O)O)n1)Nc1nn(Cc2ccc(F)cc2Cl)cc1Cl. The summed E-state index contributed by atoms with van der Waals surface area (Å²) in [5, 5.41) is 19.7. The van der Waals surface area contributed by atoms with E-state index in [-0.39, 0.29) is 34.6 Å². The standard InChI is InChI=1S/C16H12Cl2FN5O3/c17-11-5-10(19)2-1-9(11)6-24-7-12(18)15(22-24)20-14(25)8-23-4-3-13(21-23)16(26)27/h1-5,7H,6,8H2,(H,26,27)(H,20,22,25). The second-order valence-electron chi connectivity index (χ2n) is 5.51. The minimum atomic E-state index is -1.18. The van der Waals surface area contributed by atoms with E-state index in [0.29, 0.717) is 5.56 Å². The zero-order valence-electron chi connectivity index (χ0n) is 13.6. The average Bonchev–Trinajstić information content (AvgIpc) is 3.17. The van der Waals surface area contributed by atoms with Crippen molar-refractivity contribution in [1.29, 1.82) is 0 Å². The van der Waals surface area contributed by atoms with Crippen LogP contribution < -0.4 is 5.32 Å². The van der Waals surface area contributed by atoms with E-state index in [1.807, 2.05) is 0 Å². The van der Waals surface area contributed by atoms with Gasteiger partial charge in [0.25, 0.3) is 0 Å². The second-order valence-corrected chi connectivity index (χ2v) is 6.33. The number of carboxylic acid groups (broad SMARTS) is 1. The molecule has 1 aromatic carbocycles. The molecule has 0 unspecified atom stereocenters. The van der Waals surface area contributed by atoms with E-state index in [2.05, 4.69) is 15.5 Å². The number of nitrogens with one attached hydrogen (secondary N) is 1. The molecule has 8 nitrogen and oxygen atoms in total. The van der Waals surface area contributed by atoms with Gasteiger partial charge in [0.15, 0.2) is 11.5 Å². The summed E-state index contributed by atoms with van der Waals surface area (Å²) in [7, 11) is 0. The van der Waals surface area contributed by atoms with Gasteiger partial charge in [-0.05, 0) is 23.8 Å². The van der Waals surface area contributed by atoms with Crippen LogP contribution in [-0.4, -0.2) is 36.5 Å². The van der Waals surface area contributed by atoms with E-state index >= 15 is 0 Å². The highest BCUT2D eigenvalue weighted by molar-refractivity contribution is 6.33. The van der Waals surface area contributed by atoms with Crippen LogP contribution >= 0.6 is 23.2 Å². The van der Waals surface area contributed by atoms with Gasteiger partial charge in [-0.25, -0.2) is 9.18 Å². The van der Waals surface area contributed by atoms with Gasteiger partial charge >= 0.3 is 5.97 Å². The van der Waals surface area contributed by atoms with Crippen LogP contribution in [-0.2, 0) is 17.9 Å². The number of carboxylic acids is 1. The lowest BCUT2D eigenvalue weighted by Crippen LogP contribution is -2.20. The van der Waals surface area contributed by atoms with Gasteiger partial charge in [0.1, 0.15) is 17.4 Å². The summed E-state index contributed by atoms with van der Waals surface area (Å²) >= 11 is 12.1. The third kappa shape index (κ3) is 4.63. The number of carbonyl (C=O) groups is 2. The van der Waals surface area contributed by atoms with E-state index < -0.39 is 17.7 Å². The van der Waals surface area contributed by atoms with Crippen molar-refractivity contribution < 1.29 is 19.1 Å². The first kappa shape index (κ1) is 18.9. The highest BCUT2D eigenvalue weighted by atomic mass is 35.5. The van der Waals surface area contributed by atoms with E-state index in [1.165, 1.54) is 46.0 Å². The molecule has 0 atom stereocenters. The Morgan fingerprint density at radius 2 is 1.93 bits per heavy atom. The monoisotopic (exact) mass is 411 g/mol. The number of hydrogen-bond acceptors (Lipinski definition) is 4. The topological polar surface area (TPSA) is 102 Å². The van der Waals surface area contributed by atoms with Crippen molar-refractivity contribution in [1.82, 2.24) is 19.6 Å². The number of aromatic nitrogens is 4. The fourth-order valence-electron chi connectivity index (χ4n) is 2.27. The summed E-state index contributed by atoms with van der Waals surface area (Å²) in [5.74, 6) is -1.98. The molecule has 0 spiro atoms. The molecule has 0 aliphatic carbocycles. The fraction of sp³-hybridized carbons (Fsp3) is 0.125. The molecule has 11 heteroatoms. The largest absolute Gasteiger partial charge is 0.476 e. The van der Waals surface area contributed by atoms with E-state index in [4.69, 9.17) is 28.3 Å². The molecule has 2 N–H and O–H groups in total. The van der Waals surface area contributed by atoms with Gasteiger partial charge in [0.2, 0.25) is 5.91 Å². The number of carbonyl (C=O) groups excluding carboxylic acids is 1. The summed E-state index contributed by atoms with van der Waals surface area (Å²) in [6, 6.07) is 5.29. The maximum absolute atomic E-state index is 13.1. The lowest BCUT2D eigenvalue weighted by molar-refractivity contribution is -0.116. The maximum Gasteiger partial charge on any atom is 0.356 e. The number of halogens is 3. The van der Waals surface area contributed by atoms with Crippen LogP contribution in [0.1, 0.15) is 16.1 Å². The predicted octanol–water partition coefficient (Wildman–Crippen LogP) is 2.91. The predicted molar refractivity (Wildman–Crippen MR) is 95.6 cm³/mol. The quantitative estimate of drug-likeness (QED) is 0.648. The van der Waals surface area contributed by atoms with Gasteiger partial charge in [-0.1, -0.05) is 29.3 Å². The zero-order valence-corrected chi connectivity index (χ0v) is 15.1. The molecule has 0 radical (unpaired) electrons. The smallest absolute Gasteiger partial charge is 0.356 e. The van der Waals surface area contributed by atoms with Crippen LogP contribution in [0.5, 0.6) is 0 Å². The molecule has 0 fully saturated rings. The van der Waals surface area contributed by atoms with Crippen molar-refractivity contribution in [2.75, 3.05) is 5.32 Å². The molecule has 3 aromatic rings. The van der Waals surface area contributed by atoms with Gasteiger partial charge in [0, 0.05) is 17.4 Å². The minimum absolute atomic E-state index is 0.130. The first-order valence-electron chi connectivity index (χ1n) is 7.55. The molecule has 2 aromatic heterocycles. The summed E-state index contributed by atoms with van der Waals surface area (Å²) in [6.07, 6.45) is 2.87. The Kier molecular flexibility index (Phi) is 5.43. The van der Waals surface area contributed by atoms with E-state index in [9.17, 15) is 14.0 Å². The molecule has 27 heavy (non-hydrogen) atoms. The molecular formula is C16H12Cl2FN5O3. The van der Waals surface area contributed by atoms with Crippen LogP contribution in [0.4, 0.5) is 10.2 Å². The van der Waals surface area contributed by atoms with Crippen LogP contribution in [0.2, 0.25) is 10.0 Å². The van der Waals surface area contributed by atoms with Crippen molar-refractivity contribution in [3.8, 4) is 0 Å². The highest BCUT2D eigenvalue weighted by Gasteiger charge is 2.14. The van der Waals surface area contributed by atoms with Crippen LogP contribution in [0, 0.1) is 5.82 Å². The van der Waals surface area contributed by atoms with Gasteiger partial charge in [0.05, 0.1) is 6.54 Å². The number of aromatic carboxylic acids is 1. The summed E-state index contributed by atoms with van der Waals surface area (Å²) in [5.41, 5.74) is 0.467. The molecular weight excluding hydrogens is 400 g/mol. The Morgan fingerprint density at radius 1 is 1.15 bits per heavy atom. The molecule has 0 aliphatic rings. The van der Waals surface area contributed by atoms with Crippen molar-refractivity contribution in [2.24, 2.45) is 0 Å². The van der Waals surface area contributed by atoms with Gasteiger partial charge in [-0.3, -0.25) is 14.2 Å². The van der Waals surface area contributed by atoms with Crippen molar-refractivity contribution >= 4 is 40.9 Å². The molecule has 0 saturated carbocycles. The third-order valence-corrected chi connectivity index (χ3v) is 4.12. The van der Waals surface area contributed by atoms with Crippen LogP contribution in [0.15, 0.2) is 36.7 Å². The van der Waals surface area contributed by atoms with Gasteiger partial charge in [-0.2, -0.15) is 10.2 Å². The number of amides is 1. The van der Waals surface area contributed by atoms with Crippen molar-refractivity contribution in [2.45, 2.75) is 13.1 Å². The van der Waals surface area contributed by atoms with Gasteiger partial charge in [-0.15, -0.1) is 0 Å². The van der Waals surface area contributed by atoms with Crippen LogP contribution in [0.25, 0.3) is 0 Å². The molecule has 3 rings (SSSR count). The number of anilines is 1. The van der Waals surface area contributed by atoms with Crippen LogP contribution in [0.3, 0.4) is 0 Å². The lowest BCUT2D eigenvalue weighted by Gasteiger charge is -2.05. The lowest BCUT2D eigenvalue weighted by atomic mass is 10.2. The van der Waals surface area contributed by atoms with E-state index in [1.54, 1.807) is 0 Å². The Morgan fingerprint density at radius 3 is 2.59 bits per heavy atom. The zero-order chi connectivity index (χ0) is 19.6. The van der Waals surface area contributed by atoms with Crippen molar-refractivity contribution in [3.05, 3.63) is 63.8 Å². The highest BCUT2D eigenvalue weighted by Crippen LogP contribution is 2.22. The number of rotatable bonds is 6. The minimum Gasteiger partial charge on any atom is -0.476 e. The first-order valence-corrected chi connectivity index (χ1v) is 8.31. The Labute approximate surface area is 162 Å². The normalized spacial score (nSPS) is 10.8. The number of hydrogen-bond donors (Lipinski definition) is 2. The summed E-state index contributed by atoms with van der Waals surface area (Å²) in [4.78, 5) is 22.9. The molecule has 0 saturated heterocycles. The molecule has 1 amide bonds. The summed E-state index contributed by atoms with van der Waals surface area (Å²) in [6.45, 7) is 0.0239. The fourth-order valence-corrected chi connectivity index (χ4v) is 2.69. The summed E-state index contributed by atoms with van der Waals surface area (Å²) < 4.78 is 15.7. The van der Waals surface area contributed by atoms with Gasteiger partial charge < -0.3 is 10.4 Å². The Bertz CT molecular complexity index is 1020. The maximum atomic E-state index is 13.1.